The van der Waals surface area contributed by atoms with Crippen LogP contribution in [0, 0.1) is 0 Å². The van der Waals surface area contributed by atoms with Crippen molar-refractivity contribution in [1.82, 2.24) is 9.78 Å². The smallest absolute Gasteiger partial charge is 0.413 e. The molecule has 0 aliphatic rings. The normalized spacial score (nSPS) is 9.65. The Morgan fingerprint density at radius 3 is 3.06 bits per heavy atom. The molecule has 1 aromatic heterocycles. The van der Waals surface area contributed by atoms with Crippen molar-refractivity contribution in [1.29, 1.82) is 0 Å². The van der Waals surface area contributed by atoms with Gasteiger partial charge in [-0.1, -0.05) is 12.7 Å². The van der Waals surface area contributed by atoms with Gasteiger partial charge < -0.3 is 9.84 Å². The fourth-order valence-corrected chi connectivity index (χ4v) is 1.04. The first kappa shape index (κ1) is 12.8. The molecule has 0 saturated heterocycles. The van der Waals surface area contributed by atoms with Crippen LogP contribution in [0.15, 0.2) is 24.9 Å². The average Bonchev–Trinajstić information content (AvgIpc) is 2.71. The summed E-state index contributed by atoms with van der Waals surface area (Å²) in [6, 6.07) is 1.55. The summed E-state index contributed by atoms with van der Waals surface area (Å²) in [5.41, 5.74) is 0. The highest BCUT2D eigenvalue weighted by molar-refractivity contribution is 5.83. The second-order valence-corrected chi connectivity index (χ2v) is 3.12. The Hall–Kier alpha value is -2.31. The van der Waals surface area contributed by atoms with E-state index in [9.17, 15) is 9.59 Å². The number of anilines is 1. The molecule has 0 unspecified atom stereocenters. The largest absolute Gasteiger partial charge is 0.481 e. The lowest BCUT2D eigenvalue weighted by molar-refractivity contribution is -0.137. The van der Waals surface area contributed by atoms with Gasteiger partial charge in [-0.25, -0.2) is 4.79 Å². The van der Waals surface area contributed by atoms with Crippen molar-refractivity contribution in [2.24, 2.45) is 0 Å². The van der Waals surface area contributed by atoms with Gasteiger partial charge in [0.1, 0.15) is 6.61 Å². The number of rotatable bonds is 6. The van der Waals surface area contributed by atoms with Gasteiger partial charge in [-0.15, -0.1) is 0 Å². The first-order chi connectivity index (χ1) is 8.11. The predicted octanol–water partition coefficient (Wildman–Crippen LogP) is 1.09. The van der Waals surface area contributed by atoms with E-state index in [-0.39, 0.29) is 19.6 Å². The fraction of sp³-hybridized carbons (Fsp3) is 0.300. The molecule has 0 aliphatic carbocycles. The Morgan fingerprint density at radius 1 is 1.65 bits per heavy atom. The fourth-order valence-electron chi connectivity index (χ4n) is 1.04. The van der Waals surface area contributed by atoms with E-state index in [4.69, 9.17) is 9.84 Å². The molecule has 0 fully saturated rings. The highest BCUT2D eigenvalue weighted by Crippen LogP contribution is 2.03. The number of hydrogen-bond donors (Lipinski definition) is 2. The predicted molar refractivity (Wildman–Crippen MR) is 59.6 cm³/mol. The summed E-state index contributed by atoms with van der Waals surface area (Å²) in [6.07, 6.45) is 2.37. The van der Waals surface area contributed by atoms with E-state index in [1.807, 2.05) is 0 Å². The number of carboxylic acids is 1. The Morgan fingerprint density at radius 2 is 2.41 bits per heavy atom. The van der Waals surface area contributed by atoms with E-state index in [2.05, 4.69) is 17.0 Å². The average molecular weight is 239 g/mol. The molecular formula is C10H13N3O4. The molecule has 7 nitrogen and oxygen atoms in total. The third-order valence-electron chi connectivity index (χ3n) is 1.76. The van der Waals surface area contributed by atoms with Crippen LogP contribution in [-0.4, -0.2) is 33.6 Å². The molecule has 7 heteroatoms. The molecule has 2 N–H and O–H groups in total. The third kappa shape index (κ3) is 4.83. The van der Waals surface area contributed by atoms with Gasteiger partial charge >= 0.3 is 12.1 Å². The number of nitrogens with one attached hydrogen (secondary N) is 1. The summed E-state index contributed by atoms with van der Waals surface area (Å²) in [5, 5.41) is 14.8. The number of aliphatic carboxylic acids is 1. The first-order valence-electron chi connectivity index (χ1n) is 4.91. The summed E-state index contributed by atoms with van der Waals surface area (Å²) < 4.78 is 6.12. The highest BCUT2D eigenvalue weighted by Gasteiger charge is 2.05. The second kappa shape index (κ2) is 6.31. The number of carbonyl (C=O) groups excluding carboxylic acids is 1. The molecule has 0 radical (unpaired) electrons. The minimum absolute atomic E-state index is 0.0258. The molecule has 0 atom stereocenters. The Kier molecular flexibility index (Phi) is 4.74. The van der Waals surface area contributed by atoms with Crippen molar-refractivity contribution in [2.45, 2.75) is 13.0 Å². The topological polar surface area (TPSA) is 93.5 Å². The maximum absolute atomic E-state index is 11.1. The summed E-state index contributed by atoms with van der Waals surface area (Å²) in [6.45, 7) is 3.77. The number of carboxylic acid groups (broad SMARTS) is 1. The van der Waals surface area contributed by atoms with E-state index in [0.717, 1.165) is 0 Å². The van der Waals surface area contributed by atoms with Crippen molar-refractivity contribution in [3.05, 3.63) is 24.9 Å². The zero-order valence-corrected chi connectivity index (χ0v) is 9.13. The Labute approximate surface area is 97.7 Å². The van der Waals surface area contributed by atoms with Crippen LogP contribution in [0.4, 0.5) is 10.6 Å². The molecule has 0 bridgehead atoms. The van der Waals surface area contributed by atoms with Gasteiger partial charge in [-0.3, -0.25) is 14.8 Å². The molecule has 1 aromatic rings. The van der Waals surface area contributed by atoms with Gasteiger partial charge in [-0.05, 0) is 0 Å². The van der Waals surface area contributed by atoms with Crippen molar-refractivity contribution in [2.75, 3.05) is 11.9 Å². The number of carbonyl (C=O) groups is 2. The molecule has 17 heavy (non-hydrogen) atoms. The zero-order valence-electron chi connectivity index (χ0n) is 9.13. The number of aromatic nitrogens is 2. The highest BCUT2D eigenvalue weighted by atomic mass is 16.5. The van der Waals surface area contributed by atoms with Gasteiger partial charge in [-0.2, -0.15) is 5.10 Å². The quantitative estimate of drug-likeness (QED) is 0.725. The molecule has 0 aromatic carbocycles. The van der Waals surface area contributed by atoms with Crippen LogP contribution in [0.3, 0.4) is 0 Å². The molecule has 92 valence electrons. The summed E-state index contributed by atoms with van der Waals surface area (Å²) >= 11 is 0. The maximum atomic E-state index is 11.1. The number of nitrogens with zero attached hydrogens (tertiary/aromatic N) is 2. The van der Waals surface area contributed by atoms with E-state index < -0.39 is 12.1 Å². The number of ether oxygens (including phenoxy) is 1. The summed E-state index contributed by atoms with van der Waals surface area (Å²) in [5.74, 6) is -0.593. The van der Waals surface area contributed by atoms with Gasteiger partial charge in [0.15, 0.2) is 5.82 Å². The van der Waals surface area contributed by atoms with E-state index in [1.165, 1.54) is 10.8 Å². The minimum Gasteiger partial charge on any atom is -0.481 e. The van der Waals surface area contributed by atoms with E-state index in [0.29, 0.717) is 5.82 Å². The minimum atomic E-state index is -0.902. The molecular weight excluding hydrogens is 226 g/mol. The molecule has 0 saturated carbocycles. The van der Waals surface area contributed by atoms with Crippen LogP contribution in [0.25, 0.3) is 0 Å². The number of aryl methyl sites for hydroxylation is 1. The monoisotopic (exact) mass is 239 g/mol. The lowest BCUT2D eigenvalue weighted by Crippen LogP contribution is -2.14. The summed E-state index contributed by atoms with van der Waals surface area (Å²) in [7, 11) is 0. The van der Waals surface area contributed by atoms with Crippen LogP contribution in [0.5, 0.6) is 0 Å². The Bertz CT molecular complexity index is 413. The summed E-state index contributed by atoms with van der Waals surface area (Å²) in [4.78, 5) is 21.5. The molecule has 1 rings (SSSR count). The van der Waals surface area contributed by atoms with Crippen LogP contribution < -0.4 is 5.32 Å². The molecule has 0 spiro atoms. The van der Waals surface area contributed by atoms with E-state index >= 15 is 0 Å². The van der Waals surface area contributed by atoms with Crippen LogP contribution in [-0.2, 0) is 16.1 Å². The van der Waals surface area contributed by atoms with Gasteiger partial charge in [0.2, 0.25) is 0 Å². The van der Waals surface area contributed by atoms with E-state index in [1.54, 1.807) is 12.3 Å². The maximum Gasteiger partial charge on any atom is 0.413 e. The van der Waals surface area contributed by atoms with Gasteiger partial charge in [0.25, 0.3) is 0 Å². The van der Waals surface area contributed by atoms with Gasteiger partial charge in [0.05, 0.1) is 13.0 Å². The second-order valence-electron chi connectivity index (χ2n) is 3.12. The zero-order chi connectivity index (χ0) is 12.7. The molecule has 0 aliphatic heterocycles. The standard InChI is InChI=1S/C10H13N3O4/c1-2-7-17-10(16)11-8-3-5-13(12-8)6-4-9(14)15/h2-3,5H,1,4,6-7H2,(H,14,15)(H,11,12,16). The van der Waals surface area contributed by atoms with Crippen LogP contribution in [0.2, 0.25) is 0 Å². The first-order valence-corrected chi connectivity index (χ1v) is 4.91. The van der Waals surface area contributed by atoms with Crippen LogP contribution in [0.1, 0.15) is 6.42 Å². The van der Waals surface area contributed by atoms with Crippen molar-refractivity contribution in [3.8, 4) is 0 Å². The van der Waals surface area contributed by atoms with Crippen LogP contribution >= 0.6 is 0 Å². The van der Waals surface area contributed by atoms with Gasteiger partial charge in [0, 0.05) is 12.3 Å². The number of amides is 1. The lowest BCUT2D eigenvalue weighted by Gasteiger charge is -2.01. The van der Waals surface area contributed by atoms with Crippen molar-refractivity contribution >= 4 is 17.9 Å². The molecule has 1 heterocycles. The lowest BCUT2D eigenvalue weighted by atomic mass is 10.4. The SMILES string of the molecule is C=CCOC(=O)Nc1ccn(CCC(=O)O)n1. The van der Waals surface area contributed by atoms with Crippen molar-refractivity contribution < 1.29 is 19.4 Å². The van der Waals surface area contributed by atoms with Crippen molar-refractivity contribution in [3.63, 3.8) is 0 Å². The Balaban J connectivity index is 2.42. The number of hydrogen-bond acceptors (Lipinski definition) is 4. The third-order valence-corrected chi connectivity index (χ3v) is 1.76. The molecule has 1 amide bonds.